The molecule has 7 nitrogen and oxygen atoms in total. The average molecular weight is 2050 g/mol. The number of halogens is 2. The number of fused-ring (bicyclic) bond motifs is 10. The molecule has 3 saturated heterocycles. The van der Waals surface area contributed by atoms with Crippen molar-refractivity contribution < 1.29 is 32.6 Å². The Hall–Kier alpha value is 0.0348. The first kappa shape index (κ1) is 113. The van der Waals surface area contributed by atoms with E-state index in [2.05, 4.69) is 138 Å². The van der Waals surface area contributed by atoms with Gasteiger partial charge in [-0.05, 0) is 202 Å². The Morgan fingerprint density at radius 1 is 0.217 bits per heavy atom. The van der Waals surface area contributed by atoms with Crippen molar-refractivity contribution in [1.29, 1.82) is 0 Å². The molecule has 0 N–H and O–H groups in total. The van der Waals surface area contributed by atoms with Gasteiger partial charge < -0.3 is 32.6 Å². The molecule has 0 radical (unpaired) electrons. The highest BCUT2D eigenvalue weighted by molar-refractivity contribution is 9.11. The molecule has 11 rings (SSSR count). The van der Waals surface area contributed by atoms with Gasteiger partial charge in [-0.3, -0.25) is 0 Å². The van der Waals surface area contributed by atoms with Gasteiger partial charge in [0, 0.05) is 15.7 Å². The van der Waals surface area contributed by atoms with E-state index in [1.54, 1.807) is 39.3 Å². The first-order valence-corrected chi connectivity index (χ1v) is 62.1. The van der Waals surface area contributed by atoms with Crippen molar-refractivity contribution in [3.63, 3.8) is 0 Å². The van der Waals surface area contributed by atoms with E-state index in [0.717, 1.165) is 12.8 Å². The van der Waals surface area contributed by atoms with E-state index >= 15 is 0 Å². The molecular formula is C109H183B3Br2O7S8. The first-order valence-electron chi connectivity index (χ1n) is 54.0. The predicted octanol–water partition coefficient (Wildman–Crippen LogP) is 40.6. The van der Waals surface area contributed by atoms with E-state index in [9.17, 15) is 0 Å². The van der Waals surface area contributed by atoms with Crippen LogP contribution in [0.2, 0.25) is 0 Å². The second-order valence-electron chi connectivity index (χ2n) is 42.7. The normalized spacial score (nSPS) is 16.4. The zero-order chi connectivity index (χ0) is 92.7. The Morgan fingerprint density at radius 3 is 0.581 bits per heavy atom. The van der Waals surface area contributed by atoms with E-state index < -0.39 is 7.32 Å². The fourth-order valence-corrected chi connectivity index (χ4v) is 32.9. The maximum absolute atomic E-state index is 6.79. The standard InChI is InChI=1S/C56H94B2O4S4.C44H70Br2S4.C9H19BO3/c1-11-13-15-17-19-21-23-25-27-29-31-33-35-37-39-41-43-45-47(65-51(43)57-59-53(3,4)54(5,6)60-57)49-50(63-45)48-46(64-49)44(52(66-48)58-61-55(7,8)56(9,10)62-58)42-40-38-36-34-32-30-28-26-24-22-20-18-16-14-12-2;1-3-5-7-9-11-13-15-17-19-21-23-25-27-29-31-33-35-37-39(49-43(35)45)41-42(47-37)40-38(48-41)36(44(46)50-40)34-32-30-28-26-24-22-20-18-16-14-12-10-8-6-4-2;1-7(2)11-10-12-8(3,4)9(5,6)13-10/h11-42H2,1-10H3;3-34H2,1-2H3;7H,1-6H3. The third kappa shape index (κ3) is 35.0. The van der Waals surface area contributed by atoms with E-state index in [0.29, 0.717) is 0 Å². The largest absolute Gasteiger partial charge is 0.640 e. The van der Waals surface area contributed by atoms with Crippen LogP contribution in [0.4, 0.5) is 0 Å². The summed E-state index contributed by atoms with van der Waals surface area (Å²) in [4.78, 5) is 0. The van der Waals surface area contributed by atoms with Crippen molar-refractivity contribution >= 4 is 210 Å². The molecule has 0 spiro atoms. The van der Waals surface area contributed by atoms with Crippen LogP contribution in [0, 0.1) is 0 Å². The minimum absolute atomic E-state index is 0.120. The Bertz CT molecular complexity index is 4070. The summed E-state index contributed by atoms with van der Waals surface area (Å²) in [5.74, 6) is 0. The van der Waals surface area contributed by atoms with Crippen LogP contribution in [0.5, 0.6) is 0 Å². The molecule has 8 aromatic heterocycles. The highest BCUT2D eigenvalue weighted by Gasteiger charge is 2.56. The Balaban J connectivity index is 0.000000262. The minimum Gasteiger partial charge on any atom is -0.399 e. The highest BCUT2D eigenvalue weighted by atomic mass is 79.9. The molecule has 8 aromatic rings. The molecule has 3 aliphatic rings. The molecule has 732 valence electrons. The number of unbranched alkanes of at least 4 members (excludes halogenated alkanes) is 56. The Morgan fingerprint density at radius 2 is 0.380 bits per heavy atom. The molecule has 0 aliphatic carbocycles. The van der Waals surface area contributed by atoms with Gasteiger partial charge in [0.15, 0.2) is 0 Å². The fourth-order valence-electron chi connectivity index (χ4n) is 18.9. The van der Waals surface area contributed by atoms with Crippen LogP contribution < -0.4 is 9.55 Å². The van der Waals surface area contributed by atoms with Gasteiger partial charge in [0.05, 0.1) is 97.6 Å². The van der Waals surface area contributed by atoms with Crippen molar-refractivity contribution in [2.45, 2.75) is 575 Å². The van der Waals surface area contributed by atoms with Crippen LogP contribution in [0.3, 0.4) is 0 Å². The van der Waals surface area contributed by atoms with Crippen LogP contribution in [-0.4, -0.2) is 61.3 Å². The van der Waals surface area contributed by atoms with Gasteiger partial charge in [0.25, 0.3) is 0 Å². The first-order chi connectivity index (χ1) is 62.1. The van der Waals surface area contributed by atoms with Crippen LogP contribution in [0.1, 0.15) is 532 Å². The van der Waals surface area contributed by atoms with E-state index in [1.165, 1.54) is 455 Å². The minimum atomic E-state index is -0.523. The van der Waals surface area contributed by atoms with Crippen LogP contribution >= 0.6 is 123 Å². The second kappa shape index (κ2) is 59.1. The summed E-state index contributed by atoms with van der Waals surface area (Å²) in [6.07, 6.45) is 89.4. The molecule has 0 unspecified atom stereocenters. The number of thiophene rings is 8. The maximum atomic E-state index is 6.79. The zero-order valence-corrected chi connectivity index (χ0v) is 95.1. The lowest BCUT2D eigenvalue weighted by Crippen LogP contribution is -2.41. The number of aryl methyl sites for hydroxylation is 4. The number of hydrogen-bond donors (Lipinski definition) is 0. The molecule has 11 heterocycles. The lowest BCUT2D eigenvalue weighted by molar-refractivity contribution is 0.00578. The Kier molecular flexibility index (Phi) is 51.6. The molecule has 3 aliphatic heterocycles. The fraction of sp³-hybridized carbons (Fsp3) is 0.817. The summed E-state index contributed by atoms with van der Waals surface area (Å²) < 4.78 is 67.5. The molecule has 0 bridgehead atoms. The third-order valence-electron chi connectivity index (χ3n) is 29.5. The molecule has 0 aromatic carbocycles. The van der Waals surface area contributed by atoms with Gasteiger partial charge in [0.1, 0.15) is 0 Å². The average Bonchev–Trinajstić information content (AvgIpc) is 1.57. The summed E-state index contributed by atoms with van der Waals surface area (Å²) >= 11 is 24.2. The summed E-state index contributed by atoms with van der Waals surface area (Å²) in [5, 5.41) is 0. The SMILES string of the molecule is CC(C)OB1OC(C)(C)C(C)(C)O1.CCCCCCCCCCCCCCCCCc1c(B2OC(C)(C)C(C)(C)O2)sc2c1sc1c3sc(B4OC(C)(C)C(C)(C)O4)c(CCCCCCCCCCCCCCCCC)c3sc21.CCCCCCCCCCCCCCCCCc1c(Br)sc2c1sc1c3sc(Br)c(CCCCCCCCCCCCCCCCC)c3sc21. The molecular weight excluding hydrogens is 1870 g/mol. The Labute approximate surface area is 839 Å². The number of rotatable bonds is 68. The van der Waals surface area contributed by atoms with Crippen molar-refractivity contribution in [3.8, 4) is 0 Å². The van der Waals surface area contributed by atoms with Crippen LogP contribution in [0.25, 0.3) is 56.4 Å². The molecule has 0 saturated carbocycles. The van der Waals surface area contributed by atoms with E-state index in [4.69, 9.17) is 32.6 Å². The zero-order valence-electron chi connectivity index (χ0n) is 85.4. The molecule has 129 heavy (non-hydrogen) atoms. The van der Waals surface area contributed by atoms with Crippen molar-refractivity contribution in [2.75, 3.05) is 0 Å². The quantitative estimate of drug-likeness (QED) is 0.0278. The smallest absolute Gasteiger partial charge is 0.399 e. The van der Waals surface area contributed by atoms with Gasteiger partial charge >= 0.3 is 21.6 Å². The summed E-state index contributed by atoms with van der Waals surface area (Å²) in [5.41, 5.74) is 4.16. The van der Waals surface area contributed by atoms with Crippen molar-refractivity contribution in [1.82, 2.24) is 0 Å². The van der Waals surface area contributed by atoms with E-state index in [1.807, 2.05) is 110 Å². The molecule has 20 heteroatoms. The van der Waals surface area contributed by atoms with Gasteiger partial charge in [0.2, 0.25) is 0 Å². The molecule has 3 fully saturated rings. The lowest BCUT2D eigenvalue weighted by atomic mass is 9.83. The molecule has 0 amide bonds. The summed E-state index contributed by atoms with van der Waals surface area (Å²) in [6, 6.07) is 0. The van der Waals surface area contributed by atoms with Crippen molar-refractivity contribution in [2.24, 2.45) is 0 Å². The van der Waals surface area contributed by atoms with Gasteiger partial charge in [-0.1, -0.05) is 387 Å². The van der Waals surface area contributed by atoms with Crippen molar-refractivity contribution in [3.05, 3.63) is 29.8 Å². The maximum Gasteiger partial charge on any atom is 0.640 e. The predicted molar refractivity (Wildman–Crippen MR) is 595 cm³/mol. The monoisotopic (exact) mass is 2050 g/mol. The van der Waals surface area contributed by atoms with Crippen LogP contribution in [0.15, 0.2) is 7.57 Å². The molecule has 0 atom stereocenters. The highest BCUT2D eigenvalue weighted by Crippen LogP contribution is 2.56. The second-order valence-corrected chi connectivity index (χ2v) is 53.5. The summed E-state index contributed by atoms with van der Waals surface area (Å²) in [7, 11) is -1.14. The topological polar surface area (TPSA) is 64.6 Å². The van der Waals surface area contributed by atoms with E-state index in [-0.39, 0.29) is 53.9 Å². The van der Waals surface area contributed by atoms with Gasteiger partial charge in [-0.25, -0.2) is 0 Å². The van der Waals surface area contributed by atoms with Crippen LogP contribution in [-0.2, 0) is 58.3 Å². The summed E-state index contributed by atoms with van der Waals surface area (Å²) in [6.45, 7) is 38.8. The third-order valence-corrected chi connectivity index (χ3v) is 42.4. The van der Waals surface area contributed by atoms with Gasteiger partial charge in [-0.2, -0.15) is 0 Å². The number of hydrogen-bond acceptors (Lipinski definition) is 15. The lowest BCUT2D eigenvalue weighted by Gasteiger charge is -2.32. The van der Waals surface area contributed by atoms with Gasteiger partial charge in [-0.15, -0.1) is 90.7 Å².